The summed E-state index contributed by atoms with van der Waals surface area (Å²) in [7, 11) is 0. The lowest BCUT2D eigenvalue weighted by molar-refractivity contribution is -0.339. The molecule has 2 rings (SSSR count). The molecule has 160 valence electrons. The van der Waals surface area contributed by atoms with E-state index in [0.717, 1.165) is 18.1 Å². The van der Waals surface area contributed by atoms with Crippen LogP contribution in [0.15, 0.2) is 36.4 Å². The Hall–Kier alpha value is -2.30. The van der Waals surface area contributed by atoms with Crippen LogP contribution in [0.2, 0.25) is 0 Å². The fraction of sp³-hybridized carbons (Fsp3) is 0.500. The molecule has 29 heavy (non-hydrogen) atoms. The second-order valence-corrected chi connectivity index (χ2v) is 6.64. The topological polar surface area (TPSA) is 143 Å². The highest BCUT2D eigenvalue weighted by atomic mass is 16.7. The highest BCUT2D eigenvalue weighted by molar-refractivity contribution is 5.87. The second kappa shape index (κ2) is 10.5. The Bertz CT molecular complexity index is 705. The third-order valence-electron chi connectivity index (χ3n) is 4.41. The number of carbonyl (C=O) groups excluding carboxylic acids is 2. The maximum Gasteiger partial charge on any atom is 0.369 e. The van der Waals surface area contributed by atoms with Gasteiger partial charge in [-0.3, -0.25) is 0 Å². The molecule has 0 amide bonds. The van der Waals surface area contributed by atoms with Crippen LogP contribution in [-0.2, 0) is 23.8 Å². The number of ether oxygens (including phenoxy) is 3. The molecule has 0 aromatic heterocycles. The molecule has 1 aliphatic rings. The molecule has 4 N–H and O–H groups in total. The average molecular weight is 410 g/mol. The number of rotatable bonds is 8. The van der Waals surface area contributed by atoms with Gasteiger partial charge in [-0.2, -0.15) is 0 Å². The minimum Gasteiger partial charge on any atom is -0.462 e. The van der Waals surface area contributed by atoms with E-state index in [1.165, 1.54) is 6.08 Å². The van der Waals surface area contributed by atoms with E-state index in [1.54, 1.807) is 24.3 Å². The van der Waals surface area contributed by atoms with E-state index in [2.05, 4.69) is 0 Å². The number of aliphatic hydroxyl groups is 4. The summed E-state index contributed by atoms with van der Waals surface area (Å²) in [5.41, 5.74) is 0.765. The largest absolute Gasteiger partial charge is 0.462 e. The van der Waals surface area contributed by atoms with Crippen LogP contribution in [0, 0.1) is 0 Å². The molecule has 1 aromatic rings. The van der Waals surface area contributed by atoms with Crippen LogP contribution >= 0.6 is 0 Å². The van der Waals surface area contributed by atoms with Gasteiger partial charge in [-0.15, -0.1) is 0 Å². The van der Waals surface area contributed by atoms with E-state index in [0.29, 0.717) is 6.42 Å². The summed E-state index contributed by atoms with van der Waals surface area (Å²) in [6.07, 6.45) is -3.32. The molecule has 0 spiro atoms. The van der Waals surface area contributed by atoms with E-state index in [9.17, 15) is 30.0 Å². The molecule has 9 nitrogen and oxygen atoms in total. The molecule has 0 unspecified atom stereocenters. The molecule has 0 saturated carbocycles. The lowest BCUT2D eigenvalue weighted by Crippen LogP contribution is -2.68. The summed E-state index contributed by atoms with van der Waals surface area (Å²) < 4.78 is 14.9. The van der Waals surface area contributed by atoms with Crippen LogP contribution < -0.4 is 0 Å². The van der Waals surface area contributed by atoms with Crippen molar-refractivity contribution in [3.63, 3.8) is 0 Å². The van der Waals surface area contributed by atoms with Crippen molar-refractivity contribution in [2.24, 2.45) is 0 Å². The Kier molecular flexibility index (Phi) is 8.30. The van der Waals surface area contributed by atoms with Crippen LogP contribution in [0.5, 0.6) is 0 Å². The number of hydrogen-bond donors (Lipinski definition) is 4. The lowest BCUT2D eigenvalue weighted by Gasteiger charge is -2.43. The number of esters is 2. The van der Waals surface area contributed by atoms with Gasteiger partial charge >= 0.3 is 11.9 Å². The van der Waals surface area contributed by atoms with Gasteiger partial charge in [-0.25, -0.2) is 9.59 Å². The first-order valence-corrected chi connectivity index (χ1v) is 9.31. The van der Waals surface area contributed by atoms with Gasteiger partial charge in [0.15, 0.2) is 0 Å². The minimum absolute atomic E-state index is 0.0176. The molecular formula is C20H26O9. The third kappa shape index (κ3) is 5.84. The van der Waals surface area contributed by atoms with Gasteiger partial charge in [0.1, 0.15) is 31.0 Å². The first-order valence-electron chi connectivity index (χ1n) is 9.31. The van der Waals surface area contributed by atoms with Crippen LogP contribution in [-0.4, -0.2) is 75.8 Å². The zero-order valence-electron chi connectivity index (χ0n) is 16.0. The smallest absolute Gasteiger partial charge is 0.369 e. The Labute approximate surface area is 168 Å². The molecule has 0 aliphatic carbocycles. The normalized spacial score (nSPS) is 29.6. The highest BCUT2D eigenvalue weighted by Crippen LogP contribution is 2.29. The van der Waals surface area contributed by atoms with Crippen molar-refractivity contribution in [3.8, 4) is 0 Å². The number of carbonyl (C=O) groups is 2. The first kappa shape index (κ1) is 23.0. The fourth-order valence-corrected chi connectivity index (χ4v) is 2.66. The molecule has 1 fully saturated rings. The molecule has 0 radical (unpaired) electrons. The maximum atomic E-state index is 12.1. The van der Waals surface area contributed by atoms with Gasteiger partial charge in [0.05, 0.1) is 6.61 Å². The minimum atomic E-state index is -2.90. The Balaban J connectivity index is 1.99. The first-order chi connectivity index (χ1) is 13.8. The summed E-state index contributed by atoms with van der Waals surface area (Å²) in [6.45, 7) is 1.27. The molecule has 1 saturated heterocycles. The molecule has 0 bridgehead atoms. The van der Waals surface area contributed by atoms with E-state index < -0.39 is 48.7 Å². The monoisotopic (exact) mass is 410 g/mol. The van der Waals surface area contributed by atoms with Crippen LogP contribution in [0.4, 0.5) is 0 Å². The molecule has 1 heterocycles. The van der Waals surface area contributed by atoms with Crippen molar-refractivity contribution in [1.29, 1.82) is 0 Å². The van der Waals surface area contributed by atoms with E-state index in [4.69, 9.17) is 14.2 Å². The summed E-state index contributed by atoms with van der Waals surface area (Å²) in [5, 5.41) is 40.4. The van der Waals surface area contributed by atoms with Gasteiger partial charge in [-0.1, -0.05) is 43.7 Å². The number of hydrogen-bond acceptors (Lipinski definition) is 9. The SMILES string of the molecule is CCCCOC(=O)[C@]1(O)O[C@H](COC(=O)/C=C/c2ccccc2)[C@@H](O)[C@H](O)[C@H]1O. The Morgan fingerprint density at radius 3 is 2.48 bits per heavy atom. The number of aliphatic hydroxyl groups excluding tert-OH is 3. The van der Waals surface area contributed by atoms with Crippen LogP contribution in [0.1, 0.15) is 25.3 Å². The third-order valence-corrected chi connectivity index (χ3v) is 4.41. The Morgan fingerprint density at radius 1 is 1.14 bits per heavy atom. The van der Waals surface area contributed by atoms with E-state index >= 15 is 0 Å². The van der Waals surface area contributed by atoms with Crippen LogP contribution in [0.3, 0.4) is 0 Å². The summed E-state index contributed by atoms with van der Waals surface area (Å²) >= 11 is 0. The van der Waals surface area contributed by atoms with Crippen molar-refractivity contribution in [3.05, 3.63) is 42.0 Å². The van der Waals surface area contributed by atoms with Gasteiger partial charge < -0.3 is 34.6 Å². The predicted molar refractivity (Wildman–Crippen MR) is 100 cm³/mol. The van der Waals surface area contributed by atoms with E-state index in [1.807, 2.05) is 13.0 Å². The maximum absolute atomic E-state index is 12.1. The summed E-state index contributed by atoms with van der Waals surface area (Å²) in [4.78, 5) is 24.0. The van der Waals surface area contributed by atoms with Crippen molar-refractivity contribution < 1.29 is 44.2 Å². The van der Waals surface area contributed by atoms with Crippen molar-refractivity contribution in [2.45, 2.75) is 50.0 Å². The molecule has 9 heteroatoms. The van der Waals surface area contributed by atoms with Crippen molar-refractivity contribution in [2.75, 3.05) is 13.2 Å². The molecule has 1 aliphatic heterocycles. The average Bonchev–Trinajstić information content (AvgIpc) is 2.73. The fourth-order valence-electron chi connectivity index (χ4n) is 2.66. The number of benzene rings is 1. The lowest BCUT2D eigenvalue weighted by atomic mass is 9.92. The zero-order chi connectivity index (χ0) is 21.4. The van der Waals surface area contributed by atoms with E-state index in [-0.39, 0.29) is 6.61 Å². The quantitative estimate of drug-likeness (QED) is 0.259. The van der Waals surface area contributed by atoms with Crippen molar-refractivity contribution in [1.82, 2.24) is 0 Å². The standard InChI is InChI=1S/C20H26O9/c1-2-3-11-27-19(25)20(26)18(24)17(23)16(22)14(29-20)12-28-15(21)10-9-13-7-5-4-6-8-13/h4-10,14,16-18,22-24,26H,2-3,11-12H2,1H3/b10-9+/t14-,16-,17+,18-,20-/m1/s1. The second-order valence-electron chi connectivity index (χ2n) is 6.64. The number of unbranched alkanes of at least 4 members (excludes halogenated alkanes) is 1. The molecule has 5 atom stereocenters. The van der Waals surface area contributed by atoms with Gasteiger partial charge in [0, 0.05) is 6.08 Å². The van der Waals surface area contributed by atoms with Crippen molar-refractivity contribution >= 4 is 18.0 Å². The molecular weight excluding hydrogens is 384 g/mol. The van der Waals surface area contributed by atoms with Gasteiger partial charge in [0.25, 0.3) is 5.79 Å². The highest BCUT2D eigenvalue weighted by Gasteiger charge is 2.58. The van der Waals surface area contributed by atoms with Gasteiger partial charge in [-0.05, 0) is 18.1 Å². The summed E-state index contributed by atoms with van der Waals surface area (Å²) in [6, 6.07) is 8.97. The predicted octanol–water partition coefficient (Wildman–Crippen LogP) is -0.244. The Morgan fingerprint density at radius 2 is 1.83 bits per heavy atom. The zero-order valence-corrected chi connectivity index (χ0v) is 16.0. The van der Waals surface area contributed by atoms with Crippen LogP contribution in [0.25, 0.3) is 6.08 Å². The van der Waals surface area contributed by atoms with Gasteiger partial charge in [0.2, 0.25) is 0 Å². The molecule has 1 aromatic carbocycles. The summed E-state index contributed by atoms with van der Waals surface area (Å²) in [5.74, 6) is -4.97.